The average Bonchev–Trinajstić information content (AvgIpc) is 3.35. The van der Waals surface area contributed by atoms with Crippen LogP contribution in [0.2, 0.25) is 0 Å². The van der Waals surface area contributed by atoms with Crippen molar-refractivity contribution < 1.29 is 9.53 Å². The van der Waals surface area contributed by atoms with E-state index < -0.39 is 0 Å². The zero-order valence-corrected chi connectivity index (χ0v) is 21.3. The lowest BCUT2D eigenvalue weighted by atomic mass is 10.2. The summed E-state index contributed by atoms with van der Waals surface area (Å²) in [6.07, 6.45) is 0. The molecule has 37 heavy (non-hydrogen) atoms. The van der Waals surface area contributed by atoms with Crippen LogP contribution in [0.15, 0.2) is 94.9 Å². The number of aromatic nitrogens is 3. The molecule has 0 aliphatic carbocycles. The summed E-state index contributed by atoms with van der Waals surface area (Å²) >= 11 is 1.23. The van der Waals surface area contributed by atoms with Crippen LogP contribution < -0.4 is 15.6 Å². The highest BCUT2D eigenvalue weighted by molar-refractivity contribution is 7.99. The molecular formula is C29H26N4O3S. The molecule has 186 valence electrons. The molecule has 0 saturated heterocycles. The smallest absolute Gasteiger partial charge is 0.278 e. The number of ether oxygens (including phenoxy) is 1. The van der Waals surface area contributed by atoms with Crippen LogP contribution in [-0.4, -0.2) is 33.3 Å². The van der Waals surface area contributed by atoms with Crippen LogP contribution >= 0.6 is 11.8 Å². The molecule has 0 atom stereocenters. The van der Waals surface area contributed by atoms with Crippen molar-refractivity contribution in [3.05, 3.63) is 106 Å². The number of methoxy groups -OCH3 is 1. The van der Waals surface area contributed by atoms with Gasteiger partial charge in [-0.1, -0.05) is 78.5 Å². The van der Waals surface area contributed by atoms with Crippen molar-refractivity contribution in [1.82, 2.24) is 14.5 Å². The molecule has 7 nitrogen and oxygen atoms in total. The van der Waals surface area contributed by atoms with Gasteiger partial charge < -0.3 is 15.0 Å². The topological polar surface area (TPSA) is 89.0 Å². The number of hydrogen-bond acceptors (Lipinski definition) is 5. The second-order valence-corrected chi connectivity index (χ2v) is 9.56. The molecule has 5 rings (SSSR count). The first kappa shape index (κ1) is 24.4. The van der Waals surface area contributed by atoms with Crippen molar-refractivity contribution in [1.29, 1.82) is 0 Å². The second-order valence-electron chi connectivity index (χ2n) is 8.62. The van der Waals surface area contributed by atoms with E-state index in [1.54, 1.807) is 11.7 Å². The van der Waals surface area contributed by atoms with Gasteiger partial charge in [0, 0.05) is 5.69 Å². The van der Waals surface area contributed by atoms with Gasteiger partial charge in [0.2, 0.25) is 5.91 Å². The molecular weight excluding hydrogens is 484 g/mol. The number of hydrogen-bond donors (Lipinski definition) is 2. The first-order valence-corrected chi connectivity index (χ1v) is 12.8. The molecule has 0 spiro atoms. The van der Waals surface area contributed by atoms with Gasteiger partial charge in [0.1, 0.15) is 11.3 Å². The minimum Gasteiger partial charge on any atom is -0.495 e. The number of rotatable bonds is 8. The van der Waals surface area contributed by atoms with E-state index in [1.807, 2.05) is 91.9 Å². The van der Waals surface area contributed by atoms with Gasteiger partial charge in [-0.25, -0.2) is 4.98 Å². The Labute approximate surface area is 218 Å². The maximum Gasteiger partial charge on any atom is 0.278 e. The third-order valence-electron chi connectivity index (χ3n) is 5.93. The Morgan fingerprint density at radius 3 is 2.49 bits per heavy atom. The van der Waals surface area contributed by atoms with Gasteiger partial charge in [0.25, 0.3) is 5.56 Å². The van der Waals surface area contributed by atoms with E-state index in [9.17, 15) is 9.59 Å². The van der Waals surface area contributed by atoms with Crippen LogP contribution in [0.5, 0.6) is 5.75 Å². The lowest BCUT2D eigenvalue weighted by Crippen LogP contribution is -2.25. The molecule has 0 bridgehead atoms. The minimum atomic E-state index is -0.214. The molecule has 0 unspecified atom stereocenters. The summed E-state index contributed by atoms with van der Waals surface area (Å²) in [6, 6.07) is 27.0. The molecule has 0 radical (unpaired) electrons. The predicted octanol–water partition coefficient (Wildman–Crippen LogP) is 5.49. The largest absolute Gasteiger partial charge is 0.495 e. The van der Waals surface area contributed by atoms with Crippen LogP contribution in [0.25, 0.3) is 22.3 Å². The number of nitrogens with one attached hydrogen (secondary N) is 2. The Morgan fingerprint density at radius 2 is 1.76 bits per heavy atom. The molecule has 2 heterocycles. The lowest BCUT2D eigenvalue weighted by Gasteiger charge is -2.13. The van der Waals surface area contributed by atoms with Crippen LogP contribution in [0.1, 0.15) is 11.1 Å². The Kier molecular flexibility index (Phi) is 7.09. The van der Waals surface area contributed by atoms with E-state index in [-0.39, 0.29) is 17.2 Å². The van der Waals surface area contributed by atoms with Gasteiger partial charge in [-0.2, -0.15) is 0 Å². The van der Waals surface area contributed by atoms with Crippen molar-refractivity contribution in [2.45, 2.75) is 18.6 Å². The molecule has 2 N–H and O–H groups in total. The molecule has 2 aromatic heterocycles. The summed E-state index contributed by atoms with van der Waals surface area (Å²) in [7, 11) is 1.57. The fourth-order valence-electron chi connectivity index (χ4n) is 4.10. The van der Waals surface area contributed by atoms with E-state index in [4.69, 9.17) is 9.72 Å². The minimum absolute atomic E-state index is 0.0831. The number of aryl methyl sites for hydroxylation is 1. The summed E-state index contributed by atoms with van der Waals surface area (Å²) in [5.41, 5.74) is 5.19. The monoisotopic (exact) mass is 510 g/mol. The van der Waals surface area contributed by atoms with Crippen molar-refractivity contribution >= 4 is 34.4 Å². The quantitative estimate of drug-likeness (QED) is 0.213. The number of carbonyl (C=O) groups excluding carboxylic acids is 1. The maximum atomic E-state index is 13.6. The highest BCUT2D eigenvalue weighted by Gasteiger charge is 2.17. The molecule has 0 fully saturated rings. The number of H-pyrrole nitrogens is 1. The molecule has 8 heteroatoms. The Morgan fingerprint density at radius 1 is 1.03 bits per heavy atom. The summed E-state index contributed by atoms with van der Waals surface area (Å²) in [4.78, 5) is 34.5. The van der Waals surface area contributed by atoms with E-state index in [1.165, 1.54) is 11.8 Å². The van der Waals surface area contributed by atoms with Crippen LogP contribution in [0, 0.1) is 6.92 Å². The zero-order valence-electron chi connectivity index (χ0n) is 20.5. The Bertz CT molecular complexity index is 1610. The number of benzene rings is 3. The molecule has 0 saturated carbocycles. The van der Waals surface area contributed by atoms with Gasteiger partial charge in [0.15, 0.2) is 5.16 Å². The van der Waals surface area contributed by atoms with Gasteiger partial charge in [-0.3, -0.25) is 14.2 Å². The van der Waals surface area contributed by atoms with Crippen LogP contribution in [0.4, 0.5) is 5.69 Å². The molecule has 3 aromatic carbocycles. The first-order chi connectivity index (χ1) is 18.0. The number of amides is 1. The third kappa shape index (κ3) is 5.44. The molecule has 1 amide bonds. The van der Waals surface area contributed by atoms with Crippen molar-refractivity contribution in [3.8, 4) is 17.0 Å². The fraction of sp³-hybridized carbons (Fsp3) is 0.138. The van der Waals surface area contributed by atoms with Crippen LogP contribution in [-0.2, 0) is 11.3 Å². The SMILES string of the molecule is COc1ccc(C)cc1NC(=O)CSc1nc2cc(-c3ccccc3)[nH]c2c(=O)n1Cc1ccccc1. The van der Waals surface area contributed by atoms with Gasteiger partial charge in [-0.05, 0) is 41.8 Å². The standard InChI is InChI=1S/C29H26N4O3S/c1-19-13-14-25(36-2)23(15-19)30-26(34)18-37-29-32-24-16-22(21-11-7-4-8-12-21)31-27(24)28(35)33(29)17-20-9-5-3-6-10-20/h3-16,31H,17-18H2,1-2H3,(H,30,34). The maximum absolute atomic E-state index is 13.6. The van der Waals surface area contributed by atoms with Crippen molar-refractivity contribution in [2.75, 3.05) is 18.2 Å². The number of carbonyl (C=O) groups is 1. The first-order valence-electron chi connectivity index (χ1n) is 11.8. The normalized spacial score (nSPS) is 11.0. The van der Waals surface area contributed by atoms with E-state index >= 15 is 0 Å². The third-order valence-corrected chi connectivity index (χ3v) is 6.91. The van der Waals surface area contributed by atoms with Crippen molar-refractivity contribution in [2.24, 2.45) is 0 Å². The lowest BCUT2D eigenvalue weighted by molar-refractivity contribution is -0.113. The summed E-state index contributed by atoms with van der Waals surface area (Å²) < 4.78 is 6.99. The number of aromatic amines is 1. The molecule has 0 aliphatic rings. The Balaban J connectivity index is 1.47. The van der Waals surface area contributed by atoms with Gasteiger partial charge in [0.05, 0.1) is 30.6 Å². The summed E-state index contributed by atoms with van der Waals surface area (Å²) in [5.74, 6) is 0.457. The van der Waals surface area contributed by atoms with Gasteiger partial charge in [-0.15, -0.1) is 0 Å². The highest BCUT2D eigenvalue weighted by Crippen LogP contribution is 2.27. The van der Waals surface area contributed by atoms with Crippen molar-refractivity contribution in [3.63, 3.8) is 0 Å². The summed E-state index contributed by atoms with van der Waals surface area (Å²) in [5, 5.41) is 3.39. The van der Waals surface area contributed by atoms with E-state index in [0.29, 0.717) is 34.2 Å². The molecule has 5 aromatic rings. The Hall–Kier alpha value is -4.30. The second kappa shape index (κ2) is 10.8. The summed E-state index contributed by atoms with van der Waals surface area (Å²) in [6.45, 7) is 2.30. The number of fused-ring (bicyclic) bond motifs is 1. The predicted molar refractivity (Wildman–Crippen MR) is 148 cm³/mol. The zero-order chi connectivity index (χ0) is 25.8. The van der Waals surface area contributed by atoms with Gasteiger partial charge >= 0.3 is 0 Å². The van der Waals surface area contributed by atoms with E-state index in [2.05, 4.69) is 10.3 Å². The number of nitrogens with zero attached hydrogens (tertiary/aromatic N) is 2. The molecule has 0 aliphatic heterocycles. The number of thioether (sulfide) groups is 1. The van der Waals surface area contributed by atoms with E-state index in [0.717, 1.165) is 22.4 Å². The van der Waals surface area contributed by atoms with Crippen LogP contribution in [0.3, 0.4) is 0 Å². The average molecular weight is 511 g/mol. The highest BCUT2D eigenvalue weighted by atomic mass is 32.2. The number of anilines is 1. The fourth-order valence-corrected chi connectivity index (χ4v) is 4.90.